The van der Waals surface area contributed by atoms with E-state index in [0.29, 0.717) is 10.7 Å². The number of nitrogens with zero attached hydrogens (tertiary/aromatic N) is 2. The van der Waals surface area contributed by atoms with E-state index in [-0.39, 0.29) is 23.7 Å². The number of nitrogens with one attached hydrogen (secondary N) is 2. The van der Waals surface area contributed by atoms with Crippen LogP contribution in [-0.2, 0) is 9.59 Å². The molecule has 3 rings (SSSR count). The van der Waals surface area contributed by atoms with E-state index < -0.39 is 16.1 Å². The van der Waals surface area contributed by atoms with Gasteiger partial charge >= 0.3 is 0 Å². The fourth-order valence-corrected chi connectivity index (χ4v) is 3.98. The summed E-state index contributed by atoms with van der Waals surface area (Å²) in [4.78, 5) is 39.7. The molecule has 1 saturated heterocycles. The normalized spacial score (nSPS) is 17.3. The van der Waals surface area contributed by atoms with Gasteiger partial charge in [-0.2, -0.15) is 0 Å². The van der Waals surface area contributed by atoms with Gasteiger partial charge in [-0.15, -0.1) is 0 Å². The van der Waals surface area contributed by atoms with Gasteiger partial charge in [0.25, 0.3) is 5.69 Å². The minimum atomic E-state index is -0.649. The van der Waals surface area contributed by atoms with Crippen LogP contribution < -0.4 is 10.6 Å². The van der Waals surface area contributed by atoms with Crippen LogP contribution >= 0.6 is 11.8 Å². The number of nitro benzene ring substituents is 1. The summed E-state index contributed by atoms with van der Waals surface area (Å²) >= 11 is 1.17. The first-order valence-electron chi connectivity index (χ1n) is 8.90. The van der Waals surface area contributed by atoms with Crippen molar-refractivity contribution in [3.8, 4) is 0 Å². The predicted molar refractivity (Wildman–Crippen MR) is 114 cm³/mol. The number of thioether (sulfide) groups is 1. The molecule has 2 aromatic carbocycles. The lowest BCUT2D eigenvalue weighted by atomic mass is 10.1. The zero-order valence-electron chi connectivity index (χ0n) is 16.2. The first-order chi connectivity index (χ1) is 13.7. The highest BCUT2D eigenvalue weighted by molar-refractivity contribution is 8.15. The molecule has 0 spiro atoms. The fraction of sp³-hybridized carbons (Fsp3) is 0.250. The van der Waals surface area contributed by atoms with Gasteiger partial charge < -0.3 is 10.6 Å². The number of carbonyl (C=O) groups excluding carboxylic acids is 2. The Hall–Kier alpha value is -3.20. The van der Waals surface area contributed by atoms with Crippen molar-refractivity contribution in [2.24, 2.45) is 4.99 Å². The Morgan fingerprint density at radius 2 is 1.86 bits per heavy atom. The van der Waals surface area contributed by atoms with Gasteiger partial charge in [0, 0.05) is 12.5 Å². The van der Waals surface area contributed by atoms with Gasteiger partial charge in [0.05, 0.1) is 10.6 Å². The zero-order chi connectivity index (χ0) is 21.1. The number of nitro groups is 1. The number of rotatable bonds is 5. The van der Waals surface area contributed by atoms with Crippen LogP contribution in [0, 0.1) is 30.9 Å². The quantitative estimate of drug-likeness (QED) is 0.573. The molecule has 2 amide bonds. The van der Waals surface area contributed by atoms with Crippen LogP contribution in [0.25, 0.3) is 0 Å². The van der Waals surface area contributed by atoms with Crippen molar-refractivity contribution in [1.29, 1.82) is 0 Å². The Bertz CT molecular complexity index is 1010. The van der Waals surface area contributed by atoms with Crippen molar-refractivity contribution in [2.45, 2.75) is 32.4 Å². The maximum Gasteiger partial charge on any atom is 0.293 e. The monoisotopic (exact) mass is 412 g/mol. The highest BCUT2D eigenvalue weighted by atomic mass is 32.2. The number of aryl methyl sites for hydroxylation is 3. The molecule has 0 saturated carbocycles. The van der Waals surface area contributed by atoms with Crippen molar-refractivity contribution >= 4 is 45.8 Å². The molecule has 0 unspecified atom stereocenters. The number of carbonyl (C=O) groups is 2. The summed E-state index contributed by atoms with van der Waals surface area (Å²) < 4.78 is 0. The maximum atomic E-state index is 12.4. The molecule has 1 aliphatic rings. The van der Waals surface area contributed by atoms with E-state index in [9.17, 15) is 19.7 Å². The predicted octanol–water partition coefficient (Wildman–Crippen LogP) is 3.77. The molecule has 0 aliphatic carbocycles. The van der Waals surface area contributed by atoms with Crippen molar-refractivity contribution in [3.05, 3.63) is 63.2 Å². The number of benzene rings is 2. The molecule has 1 atom stereocenters. The van der Waals surface area contributed by atoms with Gasteiger partial charge in [-0.3, -0.25) is 19.7 Å². The second kappa shape index (κ2) is 8.44. The lowest BCUT2D eigenvalue weighted by molar-refractivity contribution is -0.384. The van der Waals surface area contributed by atoms with Gasteiger partial charge in [0.1, 0.15) is 10.9 Å². The van der Waals surface area contributed by atoms with Crippen molar-refractivity contribution < 1.29 is 14.5 Å². The van der Waals surface area contributed by atoms with Gasteiger partial charge in [0.15, 0.2) is 5.17 Å². The summed E-state index contributed by atoms with van der Waals surface area (Å²) in [6.07, 6.45) is -0.118. The van der Waals surface area contributed by atoms with E-state index in [2.05, 4.69) is 15.6 Å². The molecule has 29 heavy (non-hydrogen) atoms. The second-order valence-corrected chi connectivity index (χ2v) is 8.08. The average Bonchev–Trinajstić information content (AvgIpc) is 2.94. The minimum Gasteiger partial charge on any atom is -0.320 e. The third-order valence-electron chi connectivity index (χ3n) is 4.21. The third-order valence-corrected chi connectivity index (χ3v) is 5.29. The van der Waals surface area contributed by atoms with Crippen molar-refractivity contribution in [3.63, 3.8) is 0 Å². The average molecular weight is 412 g/mol. The van der Waals surface area contributed by atoms with Gasteiger partial charge in [-0.1, -0.05) is 23.9 Å². The Labute approximate surface area is 171 Å². The molecular weight excluding hydrogens is 392 g/mol. The number of hydrogen-bond donors (Lipinski definition) is 2. The fourth-order valence-electron chi connectivity index (χ4n) is 2.99. The van der Waals surface area contributed by atoms with Crippen molar-refractivity contribution in [2.75, 3.05) is 5.32 Å². The number of anilines is 1. The van der Waals surface area contributed by atoms with E-state index in [4.69, 9.17) is 0 Å². The molecule has 1 heterocycles. The number of hydrogen-bond acceptors (Lipinski definition) is 6. The number of amidine groups is 1. The molecule has 9 heteroatoms. The Morgan fingerprint density at radius 3 is 2.52 bits per heavy atom. The molecule has 0 bridgehead atoms. The lowest BCUT2D eigenvalue weighted by Gasteiger charge is -2.08. The van der Waals surface area contributed by atoms with Crippen LogP contribution in [-0.4, -0.2) is 27.2 Å². The minimum absolute atomic E-state index is 0.109. The molecule has 1 fully saturated rings. The molecule has 8 nitrogen and oxygen atoms in total. The topological polar surface area (TPSA) is 114 Å². The largest absolute Gasteiger partial charge is 0.320 e. The number of amides is 2. The van der Waals surface area contributed by atoms with Crippen LogP contribution in [0.15, 0.2) is 41.4 Å². The molecule has 2 N–H and O–H groups in total. The van der Waals surface area contributed by atoms with Crippen LogP contribution in [0.4, 0.5) is 17.1 Å². The molecule has 2 aromatic rings. The molecular formula is C20H20N4O4S. The molecule has 1 aliphatic heterocycles. The molecule has 0 aromatic heterocycles. The molecule has 0 radical (unpaired) electrons. The van der Waals surface area contributed by atoms with Crippen LogP contribution in [0.3, 0.4) is 0 Å². The zero-order valence-corrected chi connectivity index (χ0v) is 17.0. The van der Waals surface area contributed by atoms with Gasteiger partial charge in [-0.05, 0) is 55.7 Å². The van der Waals surface area contributed by atoms with E-state index in [1.807, 2.05) is 32.0 Å². The van der Waals surface area contributed by atoms with Gasteiger partial charge in [0.2, 0.25) is 11.8 Å². The summed E-state index contributed by atoms with van der Waals surface area (Å²) in [7, 11) is 0. The third kappa shape index (κ3) is 5.20. The second-order valence-electron chi connectivity index (χ2n) is 6.89. The summed E-state index contributed by atoms with van der Waals surface area (Å²) in [6, 6.07) is 10.4. The Morgan fingerprint density at radius 1 is 1.17 bits per heavy atom. The highest BCUT2D eigenvalue weighted by Gasteiger charge is 2.32. The maximum absolute atomic E-state index is 12.4. The molecule has 150 valence electrons. The Balaban J connectivity index is 1.68. The van der Waals surface area contributed by atoms with Crippen LogP contribution in [0.2, 0.25) is 0 Å². The van der Waals surface area contributed by atoms with Crippen LogP contribution in [0.1, 0.15) is 23.1 Å². The Kier molecular flexibility index (Phi) is 5.97. The first-order valence-corrected chi connectivity index (χ1v) is 9.78. The van der Waals surface area contributed by atoms with Crippen LogP contribution in [0.5, 0.6) is 0 Å². The van der Waals surface area contributed by atoms with E-state index in [0.717, 1.165) is 16.8 Å². The van der Waals surface area contributed by atoms with Gasteiger partial charge in [-0.25, -0.2) is 4.99 Å². The highest BCUT2D eigenvalue weighted by Crippen LogP contribution is 2.28. The first kappa shape index (κ1) is 20.5. The summed E-state index contributed by atoms with van der Waals surface area (Å²) in [5.41, 5.74) is 3.50. The van der Waals surface area contributed by atoms with Crippen molar-refractivity contribution in [1.82, 2.24) is 5.32 Å². The summed E-state index contributed by atoms with van der Waals surface area (Å²) in [6.45, 7) is 5.66. The lowest BCUT2D eigenvalue weighted by Crippen LogP contribution is -2.28. The number of aliphatic imine (C=N–C) groups is 1. The standard InChI is InChI=1S/C20H20N4O4S/c1-11-4-5-15(16(9-11)24(27)28)22-18(25)10-17-19(26)23-20(29-17)21-14-7-12(2)6-13(3)8-14/h4-9,17H,10H2,1-3H3,(H,22,25)(H,21,23,26)/t17-/m0/s1. The van der Waals surface area contributed by atoms with E-state index in [1.165, 1.54) is 23.9 Å². The summed E-state index contributed by atoms with van der Waals surface area (Å²) in [5.74, 6) is -0.788. The summed E-state index contributed by atoms with van der Waals surface area (Å²) in [5, 5.41) is 16.2. The van der Waals surface area contributed by atoms with E-state index in [1.54, 1.807) is 13.0 Å². The van der Waals surface area contributed by atoms with E-state index >= 15 is 0 Å². The SMILES string of the molecule is Cc1cc(C)cc(N=C2NC(=O)[C@H](CC(=O)Nc3ccc(C)cc3[N+](=O)[O-])S2)c1. The smallest absolute Gasteiger partial charge is 0.293 e.